The zero-order valence-corrected chi connectivity index (χ0v) is 12.1. The van der Waals surface area contributed by atoms with E-state index in [2.05, 4.69) is 10.2 Å². The average Bonchev–Trinajstić information content (AvgIpc) is 2.75. The molecule has 2 aromatic carbocycles. The number of azo groups is 1. The number of anilines is 1. The van der Waals surface area contributed by atoms with Crippen molar-refractivity contribution >= 4 is 34.6 Å². The molecule has 3 rings (SSSR count). The summed E-state index contributed by atoms with van der Waals surface area (Å²) in [5.41, 5.74) is 8.04. The Kier molecular flexibility index (Phi) is 3.28. The van der Waals surface area contributed by atoms with E-state index in [1.165, 1.54) is 0 Å². The van der Waals surface area contributed by atoms with Crippen LogP contribution in [-0.4, -0.2) is 0 Å². The first kappa shape index (κ1) is 13.2. The predicted molar refractivity (Wildman–Crippen MR) is 80.3 cm³/mol. The summed E-state index contributed by atoms with van der Waals surface area (Å²) in [6.45, 7) is 1.97. The van der Waals surface area contributed by atoms with Crippen LogP contribution in [-0.2, 0) is 0 Å². The van der Waals surface area contributed by atoms with E-state index in [4.69, 9.17) is 33.7 Å². The zero-order valence-electron chi connectivity index (χ0n) is 10.6. The van der Waals surface area contributed by atoms with Gasteiger partial charge in [-0.15, -0.1) is 0 Å². The molecule has 4 nitrogen and oxygen atoms in total. The highest BCUT2D eigenvalue weighted by Crippen LogP contribution is 2.41. The second-order valence-corrected chi connectivity index (χ2v) is 5.34. The fourth-order valence-electron chi connectivity index (χ4n) is 2.03. The number of ether oxygens (including phenoxy) is 1. The monoisotopic (exact) mass is 307 g/mol. The molecule has 1 aliphatic heterocycles. The fourth-order valence-corrected chi connectivity index (χ4v) is 2.61. The fraction of sp³-hybridized carbons (Fsp3) is 0.143. The molecule has 0 aromatic heterocycles. The minimum absolute atomic E-state index is 0.0333. The first-order valence-corrected chi connectivity index (χ1v) is 6.77. The van der Waals surface area contributed by atoms with Gasteiger partial charge in [0.2, 0.25) is 0 Å². The number of hydrogen-bond acceptors (Lipinski definition) is 4. The molecule has 1 atom stereocenters. The van der Waals surface area contributed by atoms with Crippen molar-refractivity contribution in [1.82, 2.24) is 0 Å². The molecule has 20 heavy (non-hydrogen) atoms. The summed E-state index contributed by atoms with van der Waals surface area (Å²) in [6.07, 6.45) is 0. The number of nitrogen functional groups attached to an aromatic ring is 1. The van der Waals surface area contributed by atoms with Gasteiger partial charge in [-0.25, -0.2) is 0 Å². The highest BCUT2D eigenvalue weighted by molar-refractivity contribution is 6.37. The van der Waals surface area contributed by atoms with Crippen molar-refractivity contribution in [2.75, 3.05) is 5.73 Å². The number of nitrogens with zero attached hydrogens (tertiary/aromatic N) is 2. The Bertz CT molecular complexity index is 693. The molecule has 2 aromatic rings. The van der Waals surface area contributed by atoms with Crippen molar-refractivity contribution in [2.45, 2.75) is 13.0 Å². The van der Waals surface area contributed by atoms with E-state index >= 15 is 0 Å². The summed E-state index contributed by atoms with van der Waals surface area (Å²) < 4.78 is 5.77. The van der Waals surface area contributed by atoms with E-state index in [-0.39, 0.29) is 6.04 Å². The van der Waals surface area contributed by atoms with Crippen LogP contribution in [0.5, 0.6) is 11.5 Å². The van der Waals surface area contributed by atoms with Gasteiger partial charge in [-0.1, -0.05) is 23.2 Å². The summed E-state index contributed by atoms with van der Waals surface area (Å²) in [4.78, 5) is 0. The van der Waals surface area contributed by atoms with Gasteiger partial charge in [-0.05, 0) is 37.3 Å². The largest absolute Gasteiger partial charge is 0.454 e. The first-order valence-electron chi connectivity index (χ1n) is 6.02. The molecule has 2 N–H and O–H groups in total. The van der Waals surface area contributed by atoms with E-state index in [9.17, 15) is 0 Å². The third-order valence-corrected chi connectivity index (χ3v) is 3.59. The lowest BCUT2D eigenvalue weighted by molar-refractivity contribution is 0.482. The van der Waals surface area contributed by atoms with Gasteiger partial charge in [0.05, 0.1) is 21.8 Å². The molecule has 1 aliphatic rings. The average molecular weight is 308 g/mol. The molecular formula is C14H11Cl2N3O. The maximum Gasteiger partial charge on any atom is 0.164 e. The molecular weight excluding hydrogens is 297 g/mol. The highest BCUT2D eigenvalue weighted by Gasteiger charge is 2.18. The lowest BCUT2D eigenvalue weighted by Crippen LogP contribution is -1.91. The molecule has 6 heteroatoms. The van der Waals surface area contributed by atoms with Crippen LogP contribution in [0.1, 0.15) is 18.5 Å². The van der Waals surface area contributed by atoms with Gasteiger partial charge in [0.1, 0.15) is 5.75 Å². The standard InChI is InChI=1S/C14H11Cl2N3O/c1-7-10-6-9(2-3-13(10)19-18-7)20-14-11(15)4-8(17)5-12(14)16/h2-7H,17H2,1H3. The van der Waals surface area contributed by atoms with Crippen LogP contribution in [0.3, 0.4) is 0 Å². The van der Waals surface area contributed by atoms with E-state index in [0.29, 0.717) is 27.2 Å². The number of rotatable bonds is 2. The second kappa shape index (κ2) is 4.96. The Morgan fingerprint density at radius 1 is 1.15 bits per heavy atom. The summed E-state index contributed by atoms with van der Waals surface area (Å²) in [5.74, 6) is 1.03. The molecule has 0 spiro atoms. The number of nitrogens with two attached hydrogens (primary N) is 1. The molecule has 102 valence electrons. The van der Waals surface area contributed by atoms with Crippen LogP contribution in [0.15, 0.2) is 40.6 Å². The molecule has 0 bridgehead atoms. The van der Waals surface area contributed by atoms with Crippen molar-refractivity contribution < 1.29 is 4.74 Å². The van der Waals surface area contributed by atoms with Gasteiger partial charge in [0, 0.05) is 11.3 Å². The minimum Gasteiger partial charge on any atom is -0.454 e. The highest BCUT2D eigenvalue weighted by atomic mass is 35.5. The van der Waals surface area contributed by atoms with Crippen LogP contribution in [0, 0.1) is 0 Å². The summed E-state index contributed by atoms with van der Waals surface area (Å²) in [6, 6.07) is 8.79. The van der Waals surface area contributed by atoms with Crippen molar-refractivity contribution in [1.29, 1.82) is 0 Å². The Labute approximate surface area is 126 Å². The smallest absolute Gasteiger partial charge is 0.164 e. The lowest BCUT2D eigenvalue weighted by Gasteiger charge is -2.11. The maximum absolute atomic E-state index is 6.10. The topological polar surface area (TPSA) is 60.0 Å². The molecule has 1 unspecified atom stereocenters. The second-order valence-electron chi connectivity index (χ2n) is 4.53. The normalized spacial score (nSPS) is 16.2. The molecule has 0 saturated heterocycles. The summed E-state index contributed by atoms with van der Waals surface area (Å²) in [5, 5.41) is 8.92. The molecule has 0 fully saturated rings. The Morgan fingerprint density at radius 2 is 1.85 bits per heavy atom. The predicted octanol–water partition coefficient (Wildman–Crippen LogP) is 5.53. The number of benzene rings is 2. The van der Waals surface area contributed by atoms with Crippen molar-refractivity contribution in [3.63, 3.8) is 0 Å². The maximum atomic E-state index is 6.10. The Balaban J connectivity index is 1.95. The van der Waals surface area contributed by atoms with Crippen molar-refractivity contribution in [3.8, 4) is 11.5 Å². The van der Waals surface area contributed by atoms with Crippen molar-refractivity contribution in [3.05, 3.63) is 45.9 Å². The quantitative estimate of drug-likeness (QED) is 0.742. The molecule has 0 radical (unpaired) electrons. The van der Waals surface area contributed by atoms with E-state index in [1.54, 1.807) is 18.2 Å². The van der Waals surface area contributed by atoms with Gasteiger partial charge in [0.15, 0.2) is 5.75 Å². The van der Waals surface area contributed by atoms with E-state index in [1.807, 2.05) is 19.1 Å². The van der Waals surface area contributed by atoms with Crippen LogP contribution in [0.4, 0.5) is 11.4 Å². The number of fused-ring (bicyclic) bond motifs is 1. The van der Waals surface area contributed by atoms with E-state index < -0.39 is 0 Å². The van der Waals surface area contributed by atoms with Crippen LogP contribution >= 0.6 is 23.2 Å². The van der Waals surface area contributed by atoms with Gasteiger partial charge in [-0.3, -0.25) is 0 Å². The Hall–Kier alpha value is -1.78. The molecule has 0 amide bonds. The first-order chi connectivity index (χ1) is 9.54. The number of hydrogen-bond donors (Lipinski definition) is 1. The summed E-state index contributed by atoms with van der Waals surface area (Å²) >= 11 is 12.2. The Morgan fingerprint density at radius 3 is 2.55 bits per heavy atom. The molecule has 0 saturated carbocycles. The molecule has 1 heterocycles. The third kappa shape index (κ3) is 2.32. The van der Waals surface area contributed by atoms with Gasteiger partial charge < -0.3 is 10.5 Å². The van der Waals surface area contributed by atoms with E-state index in [0.717, 1.165) is 11.3 Å². The SMILES string of the molecule is CC1N=Nc2ccc(Oc3c(Cl)cc(N)cc3Cl)cc21. The van der Waals surface area contributed by atoms with Gasteiger partial charge in [0.25, 0.3) is 0 Å². The number of halogens is 2. The minimum atomic E-state index is 0.0333. The third-order valence-electron chi connectivity index (χ3n) is 3.03. The van der Waals surface area contributed by atoms with Crippen molar-refractivity contribution in [2.24, 2.45) is 10.2 Å². The zero-order chi connectivity index (χ0) is 14.3. The van der Waals surface area contributed by atoms with Gasteiger partial charge >= 0.3 is 0 Å². The van der Waals surface area contributed by atoms with Crippen LogP contribution < -0.4 is 10.5 Å². The molecule has 0 aliphatic carbocycles. The summed E-state index contributed by atoms with van der Waals surface area (Å²) in [7, 11) is 0. The lowest BCUT2D eigenvalue weighted by atomic mass is 10.1. The van der Waals surface area contributed by atoms with Gasteiger partial charge in [-0.2, -0.15) is 10.2 Å². The van der Waals surface area contributed by atoms with Crippen LogP contribution in [0.25, 0.3) is 0 Å². The van der Waals surface area contributed by atoms with Crippen LogP contribution in [0.2, 0.25) is 10.0 Å².